The second-order valence-electron chi connectivity index (χ2n) is 9.72. The Balaban J connectivity index is 1.86. The van der Waals surface area contributed by atoms with Crippen LogP contribution in [0.5, 0.6) is 0 Å². The lowest BCUT2D eigenvalue weighted by molar-refractivity contribution is -0.211. The number of likely N-dealkylation sites (tertiary alicyclic amines) is 1. The number of nitrogens with zero attached hydrogens (tertiary/aromatic N) is 3. The number of amides is 4. The summed E-state index contributed by atoms with van der Waals surface area (Å²) in [4.78, 5) is 43.6. The molecule has 1 saturated heterocycles. The van der Waals surface area contributed by atoms with Crippen molar-refractivity contribution in [3.8, 4) is 0 Å². The van der Waals surface area contributed by atoms with E-state index in [-0.39, 0.29) is 18.4 Å². The zero-order valence-corrected chi connectivity index (χ0v) is 23.1. The minimum Gasteiger partial charge on any atom is -0.347 e. The molecule has 0 aromatic heterocycles. The van der Waals surface area contributed by atoms with Crippen LogP contribution in [0.25, 0.3) is 0 Å². The Bertz CT molecular complexity index is 850. The Morgan fingerprint density at radius 3 is 2.25 bits per heavy atom. The molecule has 1 N–H and O–H groups in total. The van der Waals surface area contributed by atoms with Crippen LogP contribution >= 0.6 is 0 Å². The molecule has 2 rings (SSSR count). The van der Waals surface area contributed by atoms with Gasteiger partial charge in [-0.1, -0.05) is 57.5 Å². The molecule has 0 saturated carbocycles. The minimum absolute atomic E-state index is 0.154. The molecule has 0 bridgehead atoms. The first-order valence-electron chi connectivity index (χ1n) is 13.5. The van der Waals surface area contributed by atoms with Crippen molar-refractivity contribution in [1.82, 2.24) is 20.0 Å². The maximum Gasteiger partial charge on any atom is 0.326 e. The van der Waals surface area contributed by atoms with Crippen molar-refractivity contribution in [2.24, 2.45) is 5.41 Å². The molecular weight excluding hydrogens is 456 g/mol. The summed E-state index contributed by atoms with van der Waals surface area (Å²) in [5.74, 6) is -0.379. The van der Waals surface area contributed by atoms with Gasteiger partial charge < -0.3 is 19.9 Å². The molecule has 1 atom stereocenters. The Kier molecular flexibility index (Phi) is 11.9. The number of nitrogens with one attached hydrogen (secondary N) is 1. The standard InChI is InChI=1S/C28H46N4O4/c1-7-28(8-2)25(34)32(26(28)36-21-24(33)30(6)19-20-31(9-3)10-4)27(35)29-18-12-11-13-23-16-14-22(5)15-17-23/h14-17,26H,7-13,18-21H2,1-6H3,(H,29,35). The summed E-state index contributed by atoms with van der Waals surface area (Å²) in [5.41, 5.74) is 1.76. The van der Waals surface area contributed by atoms with Gasteiger partial charge in [-0.3, -0.25) is 9.59 Å². The fourth-order valence-electron chi connectivity index (χ4n) is 4.67. The number of ether oxygens (including phenoxy) is 1. The van der Waals surface area contributed by atoms with E-state index < -0.39 is 17.7 Å². The molecule has 8 nitrogen and oxygen atoms in total. The summed E-state index contributed by atoms with van der Waals surface area (Å²) in [6, 6.07) is 8.03. The largest absolute Gasteiger partial charge is 0.347 e. The summed E-state index contributed by atoms with van der Waals surface area (Å²) >= 11 is 0. The van der Waals surface area contributed by atoms with Gasteiger partial charge in [0.05, 0.1) is 5.41 Å². The number of urea groups is 1. The fraction of sp³-hybridized carbons (Fsp3) is 0.679. The van der Waals surface area contributed by atoms with Crippen molar-refractivity contribution >= 4 is 17.8 Å². The molecular formula is C28H46N4O4. The van der Waals surface area contributed by atoms with Gasteiger partial charge in [-0.25, -0.2) is 9.69 Å². The Labute approximate surface area is 217 Å². The molecule has 0 radical (unpaired) electrons. The van der Waals surface area contributed by atoms with Crippen LogP contribution in [0.1, 0.15) is 64.5 Å². The first-order valence-corrected chi connectivity index (χ1v) is 13.5. The molecule has 36 heavy (non-hydrogen) atoms. The SMILES string of the molecule is CCN(CC)CCN(C)C(=O)COC1N(C(=O)NCCCCc2ccc(C)cc2)C(=O)C1(CC)CC. The monoisotopic (exact) mass is 502 g/mol. The molecule has 1 unspecified atom stereocenters. The van der Waals surface area contributed by atoms with Gasteiger partial charge in [-0.2, -0.15) is 0 Å². The Morgan fingerprint density at radius 1 is 1.03 bits per heavy atom. The van der Waals surface area contributed by atoms with Gasteiger partial charge in [0, 0.05) is 26.7 Å². The first-order chi connectivity index (χ1) is 17.2. The number of rotatable bonds is 15. The number of hydrogen-bond acceptors (Lipinski definition) is 5. The number of benzene rings is 1. The highest BCUT2D eigenvalue weighted by molar-refractivity contribution is 6.03. The van der Waals surface area contributed by atoms with Crippen LogP contribution in [0, 0.1) is 12.3 Å². The zero-order valence-electron chi connectivity index (χ0n) is 23.1. The van der Waals surface area contributed by atoms with Crippen LogP contribution in [-0.4, -0.2) is 85.2 Å². The van der Waals surface area contributed by atoms with E-state index in [4.69, 9.17) is 4.74 Å². The third-order valence-corrected chi connectivity index (χ3v) is 7.56. The van der Waals surface area contributed by atoms with Gasteiger partial charge in [0.1, 0.15) is 6.61 Å². The lowest BCUT2D eigenvalue weighted by atomic mass is 9.72. The highest BCUT2D eigenvalue weighted by atomic mass is 16.5. The normalized spacial score (nSPS) is 16.7. The molecule has 0 aliphatic carbocycles. The van der Waals surface area contributed by atoms with Crippen molar-refractivity contribution in [1.29, 1.82) is 0 Å². The van der Waals surface area contributed by atoms with E-state index in [1.165, 1.54) is 11.1 Å². The fourth-order valence-corrected chi connectivity index (χ4v) is 4.67. The number of likely N-dealkylation sites (N-methyl/N-ethyl adjacent to an activating group) is 2. The lowest BCUT2D eigenvalue weighted by Crippen LogP contribution is -2.72. The maximum atomic E-state index is 13.0. The maximum absolute atomic E-state index is 13.0. The third-order valence-electron chi connectivity index (χ3n) is 7.56. The van der Waals surface area contributed by atoms with Crippen molar-refractivity contribution in [3.05, 3.63) is 35.4 Å². The van der Waals surface area contributed by atoms with Crippen molar-refractivity contribution in [3.63, 3.8) is 0 Å². The summed E-state index contributed by atoms with van der Waals surface area (Å²) in [5, 5.41) is 2.87. The molecule has 1 aliphatic rings. The van der Waals surface area contributed by atoms with Crippen molar-refractivity contribution in [2.45, 2.75) is 73.0 Å². The second kappa shape index (κ2) is 14.3. The van der Waals surface area contributed by atoms with Crippen molar-refractivity contribution < 1.29 is 19.1 Å². The number of imide groups is 1. The molecule has 1 aliphatic heterocycles. The van der Waals surface area contributed by atoms with Crippen LogP contribution < -0.4 is 5.32 Å². The number of hydrogen-bond donors (Lipinski definition) is 1. The zero-order chi connectivity index (χ0) is 26.7. The van der Waals surface area contributed by atoms with Gasteiger partial charge in [0.15, 0.2) is 6.23 Å². The van der Waals surface area contributed by atoms with E-state index in [0.717, 1.165) is 43.8 Å². The summed E-state index contributed by atoms with van der Waals surface area (Å²) < 4.78 is 5.96. The highest BCUT2D eigenvalue weighted by Crippen LogP contribution is 2.45. The van der Waals surface area contributed by atoms with E-state index in [2.05, 4.69) is 55.3 Å². The lowest BCUT2D eigenvalue weighted by Gasteiger charge is -2.53. The predicted octanol–water partition coefficient (Wildman–Crippen LogP) is 3.82. The van der Waals surface area contributed by atoms with E-state index >= 15 is 0 Å². The quantitative estimate of drug-likeness (QED) is 0.291. The number of β-lactam (4-membered cyclic amide) rings is 1. The number of unbranched alkanes of at least 4 members (excludes halogenated alkanes) is 1. The van der Waals surface area contributed by atoms with Gasteiger partial charge in [0.25, 0.3) is 0 Å². The molecule has 4 amide bonds. The van der Waals surface area contributed by atoms with Crippen molar-refractivity contribution in [2.75, 3.05) is 46.4 Å². The van der Waals surface area contributed by atoms with Gasteiger partial charge in [-0.05, 0) is 57.7 Å². The van der Waals surface area contributed by atoms with Gasteiger partial charge in [-0.15, -0.1) is 0 Å². The van der Waals surface area contributed by atoms with Gasteiger partial charge >= 0.3 is 6.03 Å². The first kappa shape index (κ1) is 29.8. The van der Waals surface area contributed by atoms with Crippen LogP contribution in [0.2, 0.25) is 0 Å². The summed E-state index contributed by atoms with van der Waals surface area (Å²) in [6.07, 6.45) is 3.09. The average molecular weight is 503 g/mol. The third kappa shape index (κ3) is 7.29. The minimum atomic E-state index is -0.761. The predicted molar refractivity (Wildman–Crippen MR) is 143 cm³/mol. The van der Waals surface area contributed by atoms with E-state index in [1.54, 1.807) is 11.9 Å². The number of carbonyl (C=O) groups excluding carboxylic acids is 3. The van der Waals surface area contributed by atoms with Crippen LogP contribution in [0.3, 0.4) is 0 Å². The van der Waals surface area contributed by atoms with E-state index in [9.17, 15) is 14.4 Å². The van der Waals surface area contributed by atoms with Crippen LogP contribution in [0.4, 0.5) is 4.79 Å². The number of carbonyl (C=O) groups is 3. The molecule has 8 heteroatoms. The van der Waals surface area contributed by atoms with Crippen LogP contribution in [0.15, 0.2) is 24.3 Å². The molecule has 0 spiro atoms. The Hall–Kier alpha value is -2.45. The summed E-state index contributed by atoms with van der Waals surface area (Å²) in [6.45, 7) is 13.7. The molecule has 1 heterocycles. The number of aryl methyl sites for hydroxylation is 2. The second-order valence-corrected chi connectivity index (χ2v) is 9.72. The summed E-state index contributed by atoms with van der Waals surface area (Å²) in [7, 11) is 1.76. The Morgan fingerprint density at radius 2 is 1.67 bits per heavy atom. The average Bonchev–Trinajstić information content (AvgIpc) is 2.88. The van der Waals surface area contributed by atoms with E-state index in [1.807, 2.05) is 13.8 Å². The molecule has 1 fully saturated rings. The topological polar surface area (TPSA) is 82.2 Å². The molecule has 202 valence electrons. The molecule has 1 aromatic carbocycles. The smallest absolute Gasteiger partial charge is 0.326 e. The van der Waals surface area contributed by atoms with E-state index in [0.29, 0.717) is 25.9 Å². The van der Waals surface area contributed by atoms with Gasteiger partial charge in [0.2, 0.25) is 11.8 Å². The van der Waals surface area contributed by atoms with Crippen LogP contribution in [-0.2, 0) is 20.7 Å². The highest BCUT2D eigenvalue weighted by Gasteiger charge is 2.62. The molecule has 1 aromatic rings.